The number of halogens is 2. The van der Waals surface area contributed by atoms with Gasteiger partial charge in [-0.2, -0.15) is 8.78 Å². The smallest absolute Gasteiger partial charge is 0.387 e. The summed E-state index contributed by atoms with van der Waals surface area (Å²) < 4.78 is 37.8. The van der Waals surface area contributed by atoms with E-state index in [0.29, 0.717) is 26.2 Å². The lowest BCUT2D eigenvalue weighted by Crippen LogP contribution is -2.24. The molecule has 0 amide bonds. The minimum atomic E-state index is -2.84. The number of rotatable bonds is 14. The maximum absolute atomic E-state index is 12.6. The summed E-state index contributed by atoms with van der Waals surface area (Å²) >= 11 is 0. The van der Waals surface area contributed by atoms with Crippen LogP contribution in [0.3, 0.4) is 0 Å². The van der Waals surface area contributed by atoms with E-state index < -0.39 is 6.61 Å². The molecule has 0 aliphatic rings. The van der Waals surface area contributed by atoms with Crippen molar-refractivity contribution in [3.05, 3.63) is 102 Å². The maximum Gasteiger partial charge on any atom is 0.387 e. The average Bonchev–Trinajstić information content (AvgIpc) is 3.31. The predicted octanol–water partition coefficient (Wildman–Crippen LogP) is 7.55. The zero-order chi connectivity index (χ0) is 26.7. The molecule has 4 rings (SSSR count). The van der Waals surface area contributed by atoms with Crippen LogP contribution in [0.25, 0.3) is 11.4 Å². The minimum absolute atomic E-state index is 0.157. The van der Waals surface area contributed by atoms with Crippen LogP contribution < -0.4 is 9.47 Å². The third-order valence-corrected chi connectivity index (χ3v) is 6.26. The second-order valence-electron chi connectivity index (χ2n) is 9.19. The first-order chi connectivity index (χ1) is 18.6. The summed E-state index contributed by atoms with van der Waals surface area (Å²) in [5.74, 6) is 1.98. The molecule has 1 heterocycles. The van der Waals surface area contributed by atoms with Crippen LogP contribution >= 0.6 is 0 Å². The zero-order valence-electron chi connectivity index (χ0n) is 22.0. The number of ether oxygens (including phenoxy) is 2. The van der Waals surface area contributed by atoms with Gasteiger partial charge in [-0.3, -0.25) is 4.90 Å². The van der Waals surface area contributed by atoms with Crippen LogP contribution in [0.15, 0.2) is 85.1 Å². The number of benzene rings is 3. The number of hydrogen-bond donors (Lipinski definition) is 0. The highest BCUT2D eigenvalue weighted by Gasteiger charge is 2.16. The van der Waals surface area contributed by atoms with Crippen LogP contribution in [0.1, 0.15) is 43.5 Å². The summed E-state index contributed by atoms with van der Waals surface area (Å²) in [5, 5.41) is 0. The molecule has 5 nitrogen and oxygen atoms in total. The zero-order valence-corrected chi connectivity index (χ0v) is 22.0. The summed E-state index contributed by atoms with van der Waals surface area (Å²) in [6, 6.07) is 25.3. The molecule has 4 aromatic rings. The van der Waals surface area contributed by atoms with E-state index >= 15 is 0 Å². The van der Waals surface area contributed by atoms with Crippen molar-refractivity contribution in [2.24, 2.45) is 0 Å². The van der Waals surface area contributed by atoms with Crippen molar-refractivity contribution in [1.29, 1.82) is 0 Å². The molecule has 3 aromatic carbocycles. The third-order valence-electron chi connectivity index (χ3n) is 6.26. The number of hydrogen-bond acceptors (Lipinski definition) is 4. The van der Waals surface area contributed by atoms with Gasteiger partial charge in [0.15, 0.2) is 0 Å². The molecule has 0 unspecified atom stereocenters. The second-order valence-corrected chi connectivity index (χ2v) is 9.19. The number of alkyl halides is 2. The van der Waals surface area contributed by atoms with Crippen molar-refractivity contribution >= 4 is 0 Å². The van der Waals surface area contributed by atoms with Gasteiger partial charge in [-0.15, -0.1) is 0 Å². The van der Waals surface area contributed by atoms with Gasteiger partial charge >= 0.3 is 6.61 Å². The first-order valence-electron chi connectivity index (χ1n) is 13.1. The molecule has 7 heteroatoms. The fourth-order valence-corrected chi connectivity index (χ4v) is 4.51. The van der Waals surface area contributed by atoms with E-state index in [0.717, 1.165) is 53.3 Å². The van der Waals surface area contributed by atoms with Crippen molar-refractivity contribution in [2.75, 3.05) is 6.61 Å². The van der Waals surface area contributed by atoms with Gasteiger partial charge in [0.2, 0.25) is 0 Å². The summed E-state index contributed by atoms with van der Waals surface area (Å²) in [6.45, 7) is 4.83. The molecule has 0 N–H and O–H groups in total. The largest absolute Gasteiger partial charge is 0.494 e. The SMILES string of the molecule is CCCCn1c(CN(Cc2ccc(OC(F)F)cc2)Cc2cccc(OCC)c2)cnc1-c1ccccc1. The summed E-state index contributed by atoms with van der Waals surface area (Å²) in [6.07, 6.45) is 4.12. The van der Waals surface area contributed by atoms with Crippen molar-refractivity contribution in [2.45, 2.75) is 59.5 Å². The van der Waals surface area contributed by atoms with Crippen molar-refractivity contribution in [1.82, 2.24) is 14.5 Å². The molecule has 0 spiro atoms. The van der Waals surface area contributed by atoms with Crippen molar-refractivity contribution in [3.63, 3.8) is 0 Å². The lowest BCUT2D eigenvalue weighted by molar-refractivity contribution is -0.0498. The van der Waals surface area contributed by atoms with E-state index in [9.17, 15) is 8.78 Å². The molecule has 0 fully saturated rings. The molecule has 0 bridgehead atoms. The molecule has 0 aliphatic carbocycles. The third kappa shape index (κ3) is 7.65. The molecule has 0 aliphatic heterocycles. The highest BCUT2D eigenvalue weighted by molar-refractivity contribution is 5.55. The van der Waals surface area contributed by atoms with E-state index in [1.165, 1.54) is 0 Å². The van der Waals surface area contributed by atoms with Crippen LogP contribution in [0.5, 0.6) is 11.5 Å². The van der Waals surface area contributed by atoms with Crippen LogP contribution in [-0.2, 0) is 26.2 Å². The molecule has 0 saturated heterocycles. The fourth-order valence-electron chi connectivity index (χ4n) is 4.51. The molecule has 38 heavy (non-hydrogen) atoms. The molecule has 1 aromatic heterocycles. The maximum atomic E-state index is 12.6. The van der Waals surface area contributed by atoms with Gasteiger partial charge in [0, 0.05) is 31.7 Å². The Morgan fingerprint density at radius 1 is 0.842 bits per heavy atom. The van der Waals surface area contributed by atoms with E-state index in [4.69, 9.17) is 9.72 Å². The number of unbranched alkanes of at least 4 members (excludes halogenated alkanes) is 1. The standard InChI is InChI=1S/C31H35F2N3O2/c1-3-5-18-36-27(20-34-30(36)26-11-7-6-8-12-26)23-35(22-25-10-9-13-29(19-25)37-4-2)21-24-14-16-28(17-15-24)38-31(32)33/h6-17,19-20,31H,3-5,18,21-23H2,1-2H3. The Balaban J connectivity index is 1.62. The van der Waals surface area contributed by atoms with Gasteiger partial charge in [0.05, 0.1) is 18.5 Å². The first-order valence-corrected chi connectivity index (χ1v) is 13.1. The number of nitrogens with zero attached hydrogens (tertiary/aromatic N) is 3. The molecule has 200 valence electrons. The fraction of sp³-hybridized carbons (Fsp3) is 0.323. The molecular weight excluding hydrogens is 484 g/mol. The molecule has 0 atom stereocenters. The molecule has 0 saturated carbocycles. The van der Waals surface area contributed by atoms with Crippen LogP contribution in [0, 0.1) is 0 Å². The van der Waals surface area contributed by atoms with Gasteiger partial charge in [-0.25, -0.2) is 4.98 Å². The van der Waals surface area contributed by atoms with E-state index in [1.54, 1.807) is 12.1 Å². The van der Waals surface area contributed by atoms with Gasteiger partial charge in [0.1, 0.15) is 17.3 Å². The summed E-state index contributed by atoms with van der Waals surface area (Å²) in [7, 11) is 0. The predicted molar refractivity (Wildman–Crippen MR) is 146 cm³/mol. The Bertz CT molecular complexity index is 1260. The van der Waals surface area contributed by atoms with Crippen LogP contribution in [0.4, 0.5) is 8.78 Å². The normalized spacial score (nSPS) is 11.3. The summed E-state index contributed by atoms with van der Waals surface area (Å²) in [4.78, 5) is 7.15. The lowest BCUT2D eigenvalue weighted by atomic mass is 10.1. The first kappa shape index (κ1) is 27.3. The van der Waals surface area contributed by atoms with Crippen LogP contribution in [0.2, 0.25) is 0 Å². The van der Waals surface area contributed by atoms with Gasteiger partial charge in [0.25, 0.3) is 0 Å². The second kappa shape index (κ2) is 13.7. The quantitative estimate of drug-likeness (QED) is 0.172. The highest BCUT2D eigenvalue weighted by atomic mass is 19.3. The molecule has 0 radical (unpaired) electrons. The molecular formula is C31H35F2N3O2. The minimum Gasteiger partial charge on any atom is -0.494 e. The Hall–Kier alpha value is -3.71. The Labute approximate surface area is 223 Å². The monoisotopic (exact) mass is 519 g/mol. The average molecular weight is 520 g/mol. The van der Waals surface area contributed by atoms with E-state index in [1.807, 2.05) is 55.6 Å². The Kier molecular flexibility index (Phi) is 9.87. The number of aromatic nitrogens is 2. The van der Waals surface area contributed by atoms with Crippen molar-refractivity contribution in [3.8, 4) is 22.9 Å². The number of imidazole rings is 1. The Morgan fingerprint density at radius 3 is 2.32 bits per heavy atom. The Morgan fingerprint density at radius 2 is 1.61 bits per heavy atom. The van der Waals surface area contributed by atoms with Gasteiger partial charge in [-0.1, -0.05) is 67.9 Å². The van der Waals surface area contributed by atoms with Crippen LogP contribution in [-0.4, -0.2) is 27.7 Å². The van der Waals surface area contributed by atoms with Crippen molar-refractivity contribution < 1.29 is 18.3 Å². The van der Waals surface area contributed by atoms with Gasteiger partial charge < -0.3 is 14.0 Å². The van der Waals surface area contributed by atoms with E-state index in [2.05, 4.69) is 45.4 Å². The van der Waals surface area contributed by atoms with E-state index in [-0.39, 0.29) is 5.75 Å². The van der Waals surface area contributed by atoms with Gasteiger partial charge in [-0.05, 0) is 48.7 Å². The summed E-state index contributed by atoms with van der Waals surface area (Å²) in [5.41, 5.74) is 4.38. The lowest BCUT2D eigenvalue weighted by Gasteiger charge is -2.24. The highest BCUT2D eigenvalue weighted by Crippen LogP contribution is 2.24. The topological polar surface area (TPSA) is 39.5 Å².